The molecule has 0 aliphatic heterocycles. The van der Waals surface area contributed by atoms with Gasteiger partial charge in [0.1, 0.15) is 12.5 Å². The molecule has 0 aromatic heterocycles. The molecule has 0 bridgehead atoms. The maximum atomic E-state index is 11.5. The molecule has 0 heterocycles. The lowest BCUT2D eigenvalue weighted by Gasteiger charge is -2.06. The first-order valence-corrected chi connectivity index (χ1v) is 6.81. The molecule has 1 amide bonds. The van der Waals surface area contributed by atoms with Crippen molar-refractivity contribution in [3.63, 3.8) is 0 Å². The highest BCUT2D eigenvalue weighted by atomic mass is 16.5. The van der Waals surface area contributed by atoms with E-state index in [2.05, 4.69) is 5.32 Å². The zero-order valence-electron chi connectivity index (χ0n) is 12.2. The molecule has 1 N–H and O–H groups in total. The summed E-state index contributed by atoms with van der Waals surface area (Å²) in [5, 5.41) is 2.60. The van der Waals surface area contributed by atoms with Crippen LogP contribution in [0.1, 0.15) is 19.3 Å². The Bertz CT molecular complexity index is 421. The van der Waals surface area contributed by atoms with Crippen LogP contribution in [0.25, 0.3) is 0 Å². The van der Waals surface area contributed by atoms with E-state index in [0.717, 1.165) is 0 Å². The van der Waals surface area contributed by atoms with Crippen molar-refractivity contribution < 1.29 is 23.8 Å². The monoisotopic (exact) mass is 295 g/mol. The van der Waals surface area contributed by atoms with Crippen LogP contribution in [0.15, 0.2) is 30.3 Å². The summed E-state index contributed by atoms with van der Waals surface area (Å²) in [5.74, 6) is 0.0174. The summed E-state index contributed by atoms with van der Waals surface area (Å²) >= 11 is 0. The average molecular weight is 295 g/mol. The molecule has 6 heteroatoms. The number of carbonyl (C=O) groups excluding carboxylic acids is 2. The molecule has 0 aliphatic carbocycles. The molecule has 1 aromatic carbocycles. The van der Waals surface area contributed by atoms with Crippen LogP contribution in [0.4, 0.5) is 0 Å². The number of para-hydroxylation sites is 1. The number of methoxy groups -OCH3 is 1. The summed E-state index contributed by atoms with van der Waals surface area (Å²) in [7, 11) is 1.58. The van der Waals surface area contributed by atoms with Gasteiger partial charge in [0.2, 0.25) is 5.91 Å². The molecule has 0 saturated heterocycles. The number of rotatable bonds is 10. The van der Waals surface area contributed by atoms with Gasteiger partial charge in [-0.1, -0.05) is 18.2 Å². The topological polar surface area (TPSA) is 73.9 Å². The van der Waals surface area contributed by atoms with Crippen LogP contribution in [0, 0.1) is 0 Å². The molecule has 0 fully saturated rings. The van der Waals surface area contributed by atoms with Crippen molar-refractivity contribution in [2.24, 2.45) is 0 Å². The second-order valence-corrected chi connectivity index (χ2v) is 4.29. The Morgan fingerprint density at radius 2 is 1.86 bits per heavy atom. The van der Waals surface area contributed by atoms with Gasteiger partial charge >= 0.3 is 5.97 Å². The fraction of sp³-hybridized carbons (Fsp3) is 0.467. The van der Waals surface area contributed by atoms with E-state index in [9.17, 15) is 9.59 Å². The molecular weight excluding hydrogens is 274 g/mol. The zero-order chi connectivity index (χ0) is 15.3. The quantitative estimate of drug-likeness (QED) is 0.306. The zero-order valence-corrected chi connectivity index (χ0v) is 12.2. The van der Waals surface area contributed by atoms with Crippen LogP contribution in [0.3, 0.4) is 0 Å². The van der Waals surface area contributed by atoms with Crippen molar-refractivity contribution in [1.29, 1.82) is 0 Å². The number of nitrogens with one attached hydrogen (secondary N) is 1. The first kappa shape index (κ1) is 17.1. The van der Waals surface area contributed by atoms with Crippen molar-refractivity contribution in [1.82, 2.24) is 5.32 Å². The molecule has 1 aromatic rings. The van der Waals surface area contributed by atoms with E-state index in [4.69, 9.17) is 14.2 Å². The van der Waals surface area contributed by atoms with Crippen molar-refractivity contribution in [2.75, 3.05) is 27.1 Å². The fourth-order valence-electron chi connectivity index (χ4n) is 1.50. The van der Waals surface area contributed by atoms with Crippen molar-refractivity contribution in [3.05, 3.63) is 30.3 Å². The Kier molecular flexibility index (Phi) is 8.83. The van der Waals surface area contributed by atoms with Gasteiger partial charge in [-0.2, -0.15) is 0 Å². The van der Waals surface area contributed by atoms with Gasteiger partial charge in [-0.3, -0.25) is 9.59 Å². The smallest absolute Gasteiger partial charge is 0.311 e. The first-order valence-electron chi connectivity index (χ1n) is 6.81. The average Bonchev–Trinajstić information content (AvgIpc) is 2.48. The van der Waals surface area contributed by atoms with Crippen molar-refractivity contribution in [2.45, 2.75) is 19.3 Å². The maximum Gasteiger partial charge on any atom is 0.311 e. The van der Waals surface area contributed by atoms with E-state index in [1.807, 2.05) is 6.07 Å². The number of carbonyl (C=O) groups is 2. The maximum absolute atomic E-state index is 11.5. The van der Waals surface area contributed by atoms with Crippen LogP contribution in [0.2, 0.25) is 0 Å². The van der Waals surface area contributed by atoms with Crippen LogP contribution in [-0.4, -0.2) is 38.9 Å². The highest BCUT2D eigenvalue weighted by Gasteiger charge is 2.07. The lowest BCUT2D eigenvalue weighted by Crippen LogP contribution is -2.26. The number of hydrogen-bond donors (Lipinski definition) is 1. The highest BCUT2D eigenvalue weighted by Crippen LogP contribution is 2.10. The summed E-state index contributed by atoms with van der Waals surface area (Å²) in [6.07, 6.45) is 0.903. The van der Waals surface area contributed by atoms with Crippen molar-refractivity contribution >= 4 is 11.9 Å². The van der Waals surface area contributed by atoms with E-state index in [0.29, 0.717) is 25.4 Å². The summed E-state index contributed by atoms with van der Waals surface area (Å²) in [6, 6.07) is 8.85. The van der Waals surface area contributed by atoms with Crippen LogP contribution in [-0.2, 0) is 19.1 Å². The molecular formula is C15H21NO5. The summed E-state index contributed by atoms with van der Waals surface area (Å²) in [6.45, 7) is 1.07. The Hall–Kier alpha value is -1.92. The second kappa shape index (κ2) is 10.8. The summed E-state index contributed by atoms with van der Waals surface area (Å²) in [4.78, 5) is 23.0. The van der Waals surface area contributed by atoms with Crippen molar-refractivity contribution in [3.8, 4) is 5.75 Å². The third kappa shape index (κ3) is 8.78. The van der Waals surface area contributed by atoms with Gasteiger partial charge in [0.05, 0.1) is 13.2 Å². The SMILES string of the molecule is COCCOCNC(=O)CCCC(=O)Oc1ccccc1. The Morgan fingerprint density at radius 1 is 1.10 bits per heavy atom. The summed E-state index contributed by atoms with van der Waals surface area (Å²) < 4.78 is 15.0. The Balaban J connectivity index is 2.04. The van der Waals surface area contributed by atoms with E-state index in [1.54, 1.807) is 31.4 Å². The first-order chi connectivity index (χ1) is 10.2. The largest absolute Gasteiger partial charge is 0.427 e. The van der Waals surface area contributed by atoms with Gasteiger partial charge in [0.15, 0.2) is 0 Å². The number of ether oxygens (including phenoxy) is 3. The van der Waals surface area contributed by atoms with E-state index < -0.39 is 0 Å². The third-order valence-electron chi connectivity index (χ3n) is 2.56. The van der Waals surface area contributed by atoms with E-state index in [-0.39, 0.29) is 31.4 Å². The van der Waals surface area contributed by atoms with Gasteiger partial charge in [0, 0.05) is 20.0 Å². The molecule has 0 radical (unpaired) electrons. The Morgan fingerprint density at radius 3 is 2.57 bits per heavy atom. The van der Waals surface area contributed by atoms with E-state index >= 15 is 0 Å². The summed E-state index contributed by atoms with van der Waals surface area (Å²) in [5.41, 5.74) is 0. The highest BCUT2D eigenvalue weighted by molar-refractivity contribution is 5.77. The molecule has 21 heavy (non-hydrogen) atoms. The molecule has 0 aliphatic rings. The minimum absolute atomic E-state index is 0.149. The number of amides is 1. The second-order valence-electron chi connectivity index (χ2n) is 4.29. The molecule has 6 nitrogen and oxygen atoms in total. The molecule has 1 rings (SSSR count). The van der Waals surface area contributed by atoms with Crippen LogP contribution >= 0.6 is 0 Å². The van der Waals surface area contributed by atoms with Gasteiger partial charge in [-0.25, -0.2) is 0 Å². The van der Waals surface area contributed by atoms with E-state index in [1.165, 1.54) is 0 Å². The third-order valence-corrected chi connectivity index (χ3v) is 2.56. The molecule has 0 saturated carbocycles. The molecule has 0 spiro atoms. The fourth-order valence-corrected chi connectivity index (χ4v) is 1.50. The van der Waals surface area contributed by atoms with Gasteiger partial charge in [-0.15, -0.1) is 0 Å². The lowest BCUT2D eigenvalue weighted by molar-refractivity contribution is -0.134. The molecule has 0 unspecified atom stereocenters. The minimum Gasteiger partial charge on any atom is -0.427 e. The van der Waals surface area contributed by atoms with Gasteiger partial charge in [-0.05, 0) is 18.6 Å². The Labute approximate surface area is 124 Å². The predicted octanol–water partition coefficient (Wildman–Crippen LogP) is 1.50. The number of esters is 1. The standard InChI is InChI=1S/C15H21NO5/c1-19-10-11-20-12-16-14(17)8-5-9-15(18)21-13-6-3-2-4-7-13/h2-4,6-7H,5,8-12H2,1H3,(H,16,17). The molecule has 0 atom stereocenters. The number of hydrogen-bond acceptors (Lipinski definition) is 5. The van der Waals surface area contributed by atoms with Crippen LogP contribution in [0.5, 0.6) is 5.75 Å². The van der Waals surface area contributed by atoms with Crippen LogP contribution < -0.4 is 10.1 Å². The lowest BCUT2D eigenvalue weighted by atomic mass is 10.2. The molecule has 116 valence electrons. The van der Waals surface area contributed by atoms with Gasteiger partial charge < -0.3 is 19.5 Å². The minimum atomic E-state index is -0.342. The number of benzene rings is 1. The predicted molar refractivity (Wildman–Crippen MR) is 76.8 cm³/mol. The van der Waals surface area contributed by atoms with Gasteiger partial charge in [0.25, 0.3) is 0 Å². The normalized spacial score (nSPS) is 10.1.